The smallest absolute Gasteiger partial charge is 0.383 e. The van der Waals surface area contributed by atoms with Crippen LogP contribution in [0.25, 0.3) is 0 Å². The van der Waals surface area contributed by atoms with Crippen LogP contribution < -0.4 is 0 Å². The molecule has 1 fully saturated rings. The number of allylic oxidation sites excluding steroid dienone is 2. The van der Waals surface area contributed by atoms with Crippen molar-refractivity contribution in [3.8, 4) is 0 Å². The second-order valence-electron chi connectivity index (χ2n) is 7.91. The monoisotopic (exact) mass is 350 g/mol. The highest BCUT2D eigenvalue weighted by molar-refractivity contribution is 5.92. The third kappa shape index (κ3) is 4.59. The zero-order valence-corrected chi connectivity index (χ0v) is 16.4. The Bertz CT molecular complexity index is 620. The molecule has 0 radical (unpaired) electrons. The predicted octanol–water partition coefficient (Wildman–Crippen LogP) is 4.60. The van der Waals surface area contributed by atoms with Crippen LogP contribution in [0.15, 0.2) is 34.7 Å². The molecule has 0 bridgehead atoms. The molecule has 2 rings (SSSR count). The Labute approximate surface area is 150 Å². The first-order chi connectivity index (χ1) is 11.6. The third-order valence-corrected chi connectivity index (χ3v) is 4.14. The molecule has 0 aromatic heterocycles. The molecule has 0 N–H and O–H groups in total. The number of ether oxygens (including phenoxy) is 4. The molecular weight excluding hydrogens is 320 g/mol. The number of rotatable bonds is 5. The first-order valence-corrected chi connectivity index (χ1v) is 8.90. The lowest BCUT2D eigenvalue weighted by molar-refractivity contribution is -0.137. The first kappa shape index (κ1) is 19.4. The van der Waals surface area contributed by atoms with Crippen LogP contribution in [0.1, 0.15) is 60.8 Å². The molecule has 0 aromatic rings. The molecule has 1 aliphatic carbocycles. The van der Waals surface area contributed by atoms with Crippen LogP contribution in [0.4, 0.5) is 0 Å². The average molecular weight is 350 g/mol. The topological polar surface area (TPSA) is 54.0 Å². The summed E-state index contributed by atoms with van der Waals surface area (Å²) >= 11 is 0. The van der Waals surface area contributed by atoms with E-state index in [4.69, 9.17) is 18.9 Å². The van der Waals surface area contributed by atoms with Crippen molar-refractivity contribution in [2.24, 2.45) is 5.41 Å². The van der Waals surface area contributed by atoms with Gasteiger partial charge in [-0.05, 0) is 57.9 Å². The second-order valence-corrected chi connectivity index (χ2v) is 7.91. The molecule has 5 heteroatoms. The Morgan fingerprint density at radius 3 is 2.24 bits per heavy atom. The van der Waals surface area contributed by atoms with Crippen LogP contribution in [-0.2, 0) is 23.7 Å². The van der Waals surface area contributed by atoms with Crippen molar-refractivity contribution < 1.29 is 23.7 Å². The maximum absolute atomic E-state index is 12.4. The highest BCUT2D eigenvalue weighted by Crippen LogP contribution is 2.45. The fourth-order valence-corrected chi connectivity index (χ4v) is 3.11. The Kier molecular flexibility index (Phi) is 5.86. The maximum Gasteiger partial charge on any atom is 0.383 e. The van der Waals surface area contributed by atoms with Gasteiger partial charge >= 0.3 is 5.97 Å². The minimum Gasteiger partial charge on any atom is -0.504 e. The summed E-state index contributed by atoms with van der Waals surface area (Å²) in [5, 5.41) is 0. The highest BCUT2D eigenvalue weighted by atomic mass is 16.6. The average Bonchev–Trinajstić information content (AvgIpc) is 2.75. The van der Waals surface area contributed by atoms with E-state index in [2.05, 4.69) is 13.8 Å². The van der Waals surface area contributed by atoms with Gasteiger partial charge in [0, 0.05) is 5.57 Å². The van der Waals surface area contributed by atoms with E-state index in [1.807, 2.05) is 27.7 Å². The third-order valence-electron chi connectivity index (χ3n) is 4.14. The number of carbonyl (C=O) groups excluding carboxylic acids is 1. The fraction of sp³-hybridized carbons (Fsp3) is 0.650. The van der Waals surface area contributed by atoms with E-state index in [1.54, 1.807) is 13.4 Å². The van der Waals surface area contributed by atoms with Gasteiger partial charge in [-0.1, -0.05) is 13.8 Å². The summed E-state index contributed by atoms with van der Waals surface area (Å²) < 4.78 is 22.5. The molecule has 1 saturated carbocycles. The van der Waals surface area contributed by atoms with Crippen molar-refractivity contribution in [1.82, 2.24) is 0 Å². The lowest BCUT2D eigenvalue weighted by Gasteiger charge is -2.33. The van der Waals surface area contributed by atoms with Gasteiger partial charge in [0.05, 0.1) is 25.6 Å². The van der Waals surface area contributed by atoms with E-state index in [9.17, 15) is 4.79 Å². The van der Waals surface area contributed by atoms with Gasteiger partial charge in [-0.3, -0.25) is 0 Å². The van der Waals surface area contributed by atoms with Crippen LogP contribution >= 0.6 is 0 Å². The maximum atomic E-state index is 12.4. The van der Waals surface area contributed by atoms with Gasteiger partial charge in [-0.25, -0.2) is 4.79 Å². The van der Waals surface area contributed by atoms with Gasteiger partial charge in [-0.15, -0.1) is 0 Å². The van der Waals surface area contributed by atoms with E-state index in [0.29, 0.717) is 11.5 Å². The lowest BCUT2D eigenvalue weighted by Crippen LogP contribution is -2.20. The van der Waals surface area contributed by atoms with Gasteiger partial charge in [0.2, 0.25) is 5.76 Å². The van der Waals surface area contributed by atoms with Crippen LogP contribution in [0.2, 0.25) is 0 Å². The first-order valence-electron chi connectivity index (χ1n) is 8.90. The predicted molar refractivity (Wildman–Crippen MR) is 95.3 cm³/mol. The van der Waals surface area contributed by atoms with Crippen LogP contribution in [0.5, 0.6) is 0 Å². The van der Waals surface area contributed by atoms with Gasteiger partial charge in [0.1, 0.15) is 0 Å². The molecular formula is C20H30O5. The quantitative estimate of drug-likeness (QED) is 0.536. The zero-order chi connectivity index (χ0) is 18.8. The normalized spacial score (nSPS) is 25.0. The SMILES string of the molecule is CO/C=C1\CC(C)(C)CC\C1=C1\OC(=O)C(OC(C)C)=C1OC(C)C. The summed E-state index contributed by atoms with van der Waals surface area (Å²) in [6, 6.07) is 0. The summed E-state index contributed by atoms with van der Waals surface area (Å²) in [5.41, 5.74) is 2.18. The van der Waals surface area contributed by atoms with E-state index in [1.165, 1.54) is 0 Å². The number of carbonyl (C=O) groups is 1. The molecule has 0 amide bonds. The Morgan fingerprint density at radius 1 is 1.08 bits per heavy atom. The molecule has 0 aromatic carbocycles. The second kappa shape index (κ2) is 7.54. The van der Waals surface area contributed by atoms with Gasteiger partial charge in [0.15, 0.2) is 5.76 Å². The molecule has 1 heterocycles. The summed E-state index contributed by atoms with van der Waals surface area (Å²) in [5.74, 6) is 0.555. The largest absolute Gasteiger partial charge is 0.504 e. The van der Waals surface area contributed by atoms with E-state index < -0.39 is 5.97 Å². The number of methoxy groups -OCH3 is 1. The fourth-order valence-electron chi connectivity index (χ4n) is 3.11. The van der Waals surface area contributed by atoms with Crippen molar-refractivity contribution in [1.29, 1.82) is 0 Å². The van der Waals surface area contributed by atoms with Crippen LogP contribution in [0, 0.1) is 5.41 Å². The summed E-state index contributed by atoms with van der Waals surface area (Å²) in [6.45, 7) is 12.0. The van der Waals surface area contributed by atoms with Crippen LogP contribution in [-0.4, -0.2) is 25.3 Å². The minimum atomic E-state index is -0.492. The lowest BCUT2D eigenvalue weighted by atomic mass is 9.73. The van der Waals surface area contributed by atoms with Gasteiger partial charge in [0.25, 0.3) is 5.76 Å². The van der Waals surface area contributed by atoms with Gasteiger partial charge < -0.3 is 18.9 Å². The van der Waals surface area contributed by atoms with E-state index >= 15 is 0 Å². The molecule has 5 nitrogen and oxygen atoms in total. The molecule has 0 atom stereocenters. The zero-order valence-electron chi connectivity index (χ0n) is 16.4. The summed E-state index contributed by atoms with van der Waals surface area (Å²) in [4.78, 5) is 12.4. The Morgan fingerprint density at radius 2 is 1.68 bits per heavy atom. The molecule has 0 saturated heterocycles. The number of esters is 1. The molecule has 140 valence electrons. The summed E-state index contributed by atoms with van der Waals surface area (Å²) in [7, 11) is 1.63. The van der Waals surface area contributed by atoms with Crippen molar-refractivity contribution in [2.45, 2.75) is 73.0 Å². The van der Waals surface area contributed by atoms with Gasteiger partial charge in [-0.2, -0.15) is 0 Å². The van der Waals surface area contributed by atoms with Crippen molar-refractivity contribution >= 4 is 5.97 Å². The van der Waals surface area contributed by atoms with E-state index in [-0.39, 0.29) is 23.4 Å². The Hall–Kier alpha value is -1.91. The minimum absolute atomic E-state index is 0.0965. The van der Waals surface area contributed by atoms with Crippen molar-refractivity contribution in [3.05, 3.63) is 34.7 Å². The number of hydrogen-bond donors (Lipinski definition) is 0. The molecule has 1 aliphatic heterocycles. The molecule has 2 aliphatic rings. The number of cyclic esters (lactones) is 1. The molecule has 25 heavy (non-hydrogen) atoms. The summed E-state index contributed by atoms with van der Waals surface area (Å²) in [6.07, 6.45) is 4.15. The highest BCUT2D eigenvalue weighted by Gasteiger charge is 2.39. The number of hydrogen-bond acceptors (Lipinski definition) is 5. The standard InChI is InChI=1S/C20H30O5/c1-12(2)23-17-16(25-19(21)18(17)24-13(3)4)15-8-9-20(5,6)10-14(15)11-22-7/h11-13H,8-10H2,1-7H3/b14-11+,16-15-. The van der Waals surface area contributed by atoms with Crippen LogP contribution in [0.3, 0.4) is 0 Å². The molecule has 0 spiro atoms. The molecule has 0 unspecified atom stereocenters. The Balaban J connectivity index is 2.53. The van der Waals surface area contributed by atoms with Crippen molar-refractivity contribution in [2.75, 3.05) is 7.11 Å². The van der Waals surface area contributed by atoms with Crippen molar-refractivity contribution in [3.63, 3.8) is 0 Å². The van der Waals surface area contributed by atoms with E-state index in [0.717, 1.165) is 30.4 Å².